The molecular weight excluding hydrogens is 393 g/mol. The molecule has 6 nitrogen and oxygen atoms in total. The minimum atomic E-state index is -0.529. The summed E-state index contributed by atoms with van der Waals surface area (Å²) in [6.45, 7) is 0. The lowest BCUT2D eigenvalue weighted by atomic mass is 10.2. The highest BCUT2D eigenvalue weighted by molar-refractivity contribution is 8.00. The van der Waals surface area contributed by atoms with Crippen LogP contribution >= 0.6 is 11.8 Å². The van der Waals surface area contributed by atoms with Gasteiger partial charge in [0.1, 0.15) is 17.3 Å². The largest absolute Gasteiger partial charge is 0.497 e. The quantitative estimate of drug-likeness (QED) is 0.569. The number of hydrogen-bond acceptors (Lipinski definition) is 5. The summed E-state index contributed by atoms with van der Waals surface area (Å²) in [7, 11) is 1.58. The number of methoxy groups -OCH3 is 1. The highest BCUT2D eigenvalue weighted by Crippen LogP contribution is 2.25. The van der Waals surface area contributed by atoms with E-state index >= 15 is 0 Å². The lowest BCUT2D eigenvalue weighted by Crippen LogP contribution is -2.18. The van der Waals surface area contributed by atoms with E-state index in [-0.39, 0.29) is 28.7 Å². The first-order valence-electron chi connectivity index (χ1n) is 8.64. The molecule has 0 unspecified atom stereocenters. The van der Waals surface area contributed by atoms with E-state index in [0.717, 1.165) is 16.7 Å². The van der Waals surface area contributed by atoms with Gasteiger partial charge in [0.05, 0.1) is 24.2 Å². The SMILES string of the molecule is COc1ccc(SCC(=O)Nc2cc(F)ccc2NC(=O)c2ccccn2)cc1. The van der Waals surface area contributed by atoms with Crippen LogP contribution in [0.2, 0.25) is 0 Å². The van der Waals surface area contributed by atoms with Gasteiger partial charge in [-0.05, 0) is 54.6 Å². The van der Waals surface area contributed by atoms with Crippen LogP contribution in [-0.4, -0.2) is 29.7 Å². The van der Waals surface area contributed by atoms with Crippen molar-refractivity contribution in [3.63, 3.8) is 0 Å². The van der Waals surface area contributed by atoms with Crippen molar-refractivity contribution in [3.05, 3.63) is 78.4 Å². The second kappa shape index (κ2) is 9.70. The Morgan fingerprint density at radius 2 is 1.83 bits per heavy atom. The van der Waals surface area contributed by atoms with Crippen LogP contribution in [0, 0.1) is 5.82 Å². The fraction of sp³-hybridized carbons (Fsp3) is 0.0952. The van der Waals surface area contributed by atoms with Gasteiger partial charge >= 0.3 is 0 Å². The van der Waals surface area contributed by atoms with Crippen molar-refractivity contribution in [3.8, 4) is 5.75 Å². The summed E-state index contributed by atoms with van der Waals surface area (Å²) in [5.74, 6) is -0.466. The molecule has 0 aliphatic rings. The first-order valence-corrected chi connectivity index (χ1v) is 9.62. The third-order valence-electron chi connectivity index (χ3n) is 3.83. The summed E-state index contributed by atoms with van der Waals surface area (Å²) in [5.41, 5.74) is 0.670. The van der Waals surface area contributed by atoms with Crippen molar-refractivity contribution in [2.24, 2.45) is 0 Å². The van der Waals surface area contributed by atoms with Gasteiger partial charge < -0.3 is 15.4 Å². The molecule has 29 heavy (non-hydrogen) atoms. The Hall–Kier alpha value is -3.39. The molecule has 148 valence electrons. The molecule has 0 saturated carbocycles. The molecule has 0 aliphatic carbocycles. The summed E-state index contributed by atoms with van der Waals surface area (Å²) in [5, 5.41) is 5.28. The molecule has 0 aliphatic heterocycles. The maximum absolute atomic E-state index is 13.7. The van der Waals surface area contributed by atoms with Gasteiger partial charge in [0, 0.05) is 11.1 Å². The van der Waals surface area contributed by atoms with Gasteiger partial charge in [0.15, 0.2) is 0 Å². The minimum Gasteiger partial charge on any atom is -0.497 e. The number of anilines is 2. The van der Waals surface area contributed by atoms with Crippen LogP contribution in [0.25, 0.3) is 0 Å². The van der Waals surface area contributed by atoms with Crippen molar-refractivity contribution in [1.29, 1.82) is 0 Å². The number of carbonyl (C=O) groups is 2. The Kier molecular flexibility index (Phi) is 6.80. The molecule has 1 heterocycles. The predicted octanol–water partition coefficient (Wildman–Crippen LogP) is 4.21. The summed E-state index contributed by atoms with van der Waals surface area (Å²) >= 11 is 1.33. The van der Waals surface area contributed by atoms with Gasteiger partial charge in [-0.25, -0.2) is 4.39 Å². The van der Waals surface area contributed by atoms with Crippen molar-refractivity contribution >= 4 is 35.0 Å². The van der Waals surface area contributed by atoms with Gasteiger partial charge in [-0.2, -0.15) is 0 Å². The topological polar surface area (TPSA) is 80.3 Å². The number of thioether (sulfide) groups is 1. The average molecular weight is 411 g/mol. The average Bonchev–Trinajstić information content (AvgIpc) is 2.75. The molecule has 0 spiro atoms. The van der Waals surface area contributed by atoms with Crippen LogP contribution < -0.4 is 15.4 Å². The molecule has 3 aromatic rings. The molecule has 2 N–H and O–H groups in total. The third-order valence-corrected chi connectivity index (χ3v) is 4.84. The number of aromatic nitrogens is 1. The van der Waals surface area contributed by atoms with E-state index in [0.29, 0.717) is 0 Å². The van der Waals surface area contributed by atoms with E-state index in [4.69, 9.17) is 4.74 Å². The van der Waals surface area contributed by atoms with Crippen molar-refractivity contribution in [2.45, 2.75) is 4.90 Å². The number of rotatable bonds is 7. The Balaban J connectivity index is 1.65. The molecule has 0 fully saturated rings. The smallest absolute Gasteiger partial charge is 0.274 e. The fourth-order valence-electron chi connectivity index (χ4n) is 2.42. The van der Waals surface area contributed by atoms with Crippen molar-refractivity contribution in [1.82, 2.24) is 4.98 Å². The van der Waals surface area contributed by atoms with Crippen LogP contribution in [0.4, 0.5) is 15.8 Å². The fourth-order valence-corrected chi connectivity index (χ4v) is 3.12. The van der Waals surface area contributed by atoms with Crippen LogP contribution in [0.3, 0.4) is 0 Å². The molecule has 1 aromatic heterocycles. The number of pyridine rings is 1. The minimum absolute atomic E-state index is 0.121. The second-order valence-corrected chi connectivity index (χ2v) is 6.92. The molecule has 8 heteroatoms. The molecule has 0 bridgehead atoms. The summed E-state index contributed by atoms with van der Waals surface area (Å²) in [6.07, 6.45) is 1.50. The van der Waals surface area contributed by atoms with Gasteiger partial charge in [0.25, 0.3) is 5.91 Å². The number of amides is 2. The number of carbonyl (C=O) groups excluding carboxylic acids is 2. The lowest BCUT2D eigenvalue weighted by Gasteiger charge is -2.12. The standard InChI is InChI=1S/C21H18FN3O3S/c1-28-15-6-8-16(9-7-15)29-13-20(26)24-19-12-14(22)5-10-17(19)25-21(27)18-4-2-3-11-23-18/h2-12H,13H2,1H3,(H,24,26)(H,25,27). The first kappa shape index (κ1) is 20.3. The molecule has 2 aromatic carbocycles. The first-order chi connectivity index (χ1) is 14.0. The maximum atomic E-state index is 13.7. The van der Waals surface area contributed by atoms with E-state index in [1.54, 1.807) is 37.4 Å². The molecule has 0 radical (unpaired) electrons. The number of nitrogens with one attached hydrogen (secondary N) is 2. The summed E-state index contributed by atoms with van der Waals surface area (Å²) in [4.78, 5) is 29.5. The zero-order valence-corrected chi connectivity index (χ0v) is 16.3. The predicted molar refractivity (Wildman–Crippen MR) is 111 cm³/mol. The van der Waals surface area contributed by atoms with Gasteiger partial charge in [-0.15, -0.1) is 11.8 Å². The zero-order valence-electron chi connectivity index (χ0n) is 15.5. The van der Waals surface area contributed by atoms with E-state index in [2.05, 4.69) is 15.6 Å². The number of nitrogens with zero attached hydrogens (tertiary/aromatic N) is 1. The Labute approximate surface area is 171 Å². The third kappa shape index (κ3) is 5.79. The van der Waals surface area contributed by atoms with Crippen LogP contribution in [-0.2, 0) is 4.79 Å². The Morgan fingerprint density at radius 1 is 1.03 bits per heavy atom. The van der Waals surface area contributed by atoms with Gasteiger partial charge in [-0.3, -0.25) is 14.6 Å². The molecular formula is C21H18FN3O3S. The number of ether oxygens (including phenoxy) is 1. The highest BCUT2D eigenvalue weighted by Gasteiger charge is 2.13. The van der Waals surface area contributed by atoms with Crippen LogP contribution in [0.1, 0.15) is 10.5 Å². The Morgan fingerprint density at radius 3 is 2.52 bits per heavy atom. The molecule has 2 amide bonds. The monoisotopic (exact) mass is 411 g/mol. The number of hydrogen-bond donors (Lipinski definition) is 2. The normalized spacial score (nSPS) is 10.3. The molecule has 0 saturated heterocycles. The molecule has 0 atom stereocenters. The highest BCUT2D eigenvalue weighted by atomic mass is 32.2. The number of halogens is 1. The molecule has 3 rings (SSSR count). The zero-order chi connectivity index (χ0) is 20.6. The van der Waals surface area contributed by atoms with Crippen molar-refractivity contribution in [2.75, 3.05) is 23.5 Å². The van der Waals surface area contributed by atoms with E-state index in [9.17, 15) is 14.0 Å². The van der Waals surface area contributed by atoms with Gasteiger partial charge in [-0.1, -0.05) is 6.07 Å². The van der Waals surface area contributed by atoms with E-state index in [1.165, 1.54) is 30.1 Å². The summed E-state index contributed by atoms with van der Waals surface area (Å²) in [6, 6.07) is 16.0. The maximum Gasteiger partial charge on any atom is 0.274 e. The van der Waals surface area contributed by atoms with E-state index < -0.39 is 11.7 Å². The van der Waals surface area contributed by atoms with E-state index in [1.807, 2.05) is 12.1 Å². The Bertz CT molecular complexity index is 998. The van der Waals surface area contributed by atoms with Crippen LogP contribution in [0.5, 0.6) is 5.75 Å². The summed E-state index contributed by atoms with van der Waals surface area (Å²) < 4.78 is 18.8. The lowest BCUT2D eigenvalue weighted by molar-refractivity contribution is -0.113. The van der Waals surface area contributed by atoms with Crippen molar-refractivity contribution < 1.29 is 18.7 Å². The van der Waals surface area contributed by atoms with Gasteiger partial charge in [0.2, 0.25) is 5.91 Å². The second-order valence-electron chi connectivity index (χ2n) is 5.87. The van der Waals surface area contributed by atoms with Crippen LogP contribution in [0.15, 0.2) is 71.8 Å². The number of benzene rings is 2.